The Kier molecular flexibility index (Phi) is 2.40. The monoisotopic (exact) mass is 265 g/mol. The van der Waals surface area contributed by atoms with Crippen molar-refractivity contribution in [1.29, 1.82) is 0 Å². The molecular formula is C13H15NO3S. The highest BCUT2D eigenvalue weighted by molar-refractivity contribution is 7.07. The predicted octanol–water partition coefficient (Wildman–Crippen LogP) is 1.42. The molecule has 1 aliphatic carbocycles. The van der Waals surface area contributed by atoms with Gasteiger partial charge in [-0.25, -0.2) is 0 Å². The molecule has 2 amide bonds. The van der Waals surface area contributed by atoms with Crippen LogP contribution in [0.5, 0.6) is 0 Å². The number of likely N-dealkylation sites (tertiary alicyclic amines) is 1. The minimum absolute atomic E-state index is 0.0808. The van der Waals surface area contributed by atoms with Crippen molar-refractivity contribution >= 4 is 23.2 Å². The quantitative estimate of drug-likeness (QED) is 0.841. The maximum absolute atomic E-state index is 12.1. The van der Waals surface area contributed by atoms with Crippen LogP contribution in [-0.2, 0) is 9.59 Å². The van der Waals surface area contributed by atoms with Crippen molar-refractivity contribution in [3.05, 3.63) is 22.4 Å². The molecule has 1 aromatic heterocycles. The Morgan fingerprint density at radius 1 is 1.39 bits per heavy atom. The van der Waals surface area contributed by atoms with Gasteiger partial charge in [0.1, 0.15) is 0 Å². The van der Waals surface area contributed by atoms with Gasteiger partial charge in [-0.05, 0) is 27.8 Å². The first-order valence-electron chi connectivity index (χ1n) is 6.00. The van der Waals surface area contributed by atoms with Crippen LogP contribution in [0.15, 0.2) is 16.8 Å². The van der Waals surface area contributed by atoms with E-state index in [4.69, 9.17) is 0 Å². The predicted molar refractivity (Wildman–Crippen MR) is 66.8 cm³/mol. The number of fused-ring (bicyclic) bond motifs is 1. The molecule has 3 atom stereocenters. The fraction of sp³-hybridized carbons (Fsp3) is 0.538. The second kappa shape index (κ2) is 3.65. The minimum Gasteiger partial charge on any atom is -0.387 e. The van der Waals surface area contributed by atoms with Crippen molar-refractivity contribution in [3.8, 4) is 0 Å². The van der Waals surface area contributed by atoms with Crippen molar-refractivity contribution in [2.75, 3.05) is 6.54 Å². The van der Waals surface area contributed by atoms with Gasteiger partial charge in [0.05, 0.1) is 24.5 Å². The first-order chi connectivity index (χ1) is 8.44. The molecule has 1 aromatic rings. The Labute approximate surface area is 109 Å². The van der Waals surface area contributed by atoms with Crippen LogP contribution >= 0.6 is 11.3 Å². The third kappa shape index (κ3) is 1.47. The van der Waals surface area contributed by atoms with Crippen molar-refractivity contribution < 1.29 is 14.7 Å². The molecule has 2 aliphatic rings. The van der Waals surface area contributed by atoms with Gasteiger partial charge in [0.2, 0.25) is 11.8 Å². The van der Waals surface area contributed by atoms with E-state index in [0.29, 0.717) is 0 Å². The van der Waals surface area contributed by atoms with Gasteiger partial charge in [0.25, 0.3) is 0 Å². The van der Waals surface area contributed by atoms with Crippen molar-refractivity contribution in [2.24, 2.45) is 17.3 Å². The minimum atomic E-state index is -0.773. The van der Waals surface area contributed by atoms with Crippen molar-refractivity contribution in [3.63, 3.8) is 0 Å². The molecule has 0 spiro atoms. The number of hydrogen-bond acceptors (Lipinski definition) is 4. The summed E-state index contributed by atoms with van der Waals surface area (Å²) in [5.74, 6) is -0.576. The summed E-state index contributed by atoms with van der Waals surface area (Å²) in [7, 11) is 0. The molecule has 18 heavy (non-hydrogen) atoms. The van der Waals surface area contributed by atoms with E-state index in [-0.39, 0.29) is 35.6 Å². The van der Waals surface area contributed by atoms with Crippen LogP contribution in [0.4, 0.5) is 0 Å². The summed E-state index contributed by atoms with van der Waals surface area (Å²) in [6.45, 7) is 3.98. The molecule has 96 valence electrons. The van der Waals surface area contributed by atoms with Crippen LogP contribution in [0.3, 0.4) is 0 Å². The number of carbonyl (C=O) groups excluding carboxylic acids is 2. The molecule has 0 aromatic carbocycles. The van der Waals surface area contributed by atoms with Crippen LogP contribution in [0.2, 0.25) is 0 Å². The van der Waals surface area contributed by atoms with Gasteiger partial charge in [-0.2, -0.15) is 11.3 Å². The molecule has 1 aliphatic heterocycles. The van der Waals surface area contributed by atoms with E-state index >= 15 is 0 Å². The zero-order valence-corrected chi connectivity index (χ0v) is 11.1. The number of thiophene rings is 1. The van der Waals surface area contributed by atoms with Crippen molar-refractivity contribution in [2.45, 2.75) is 20.0 Å². The van der Waals surface area contributed by atoms with Gasteiger partial charge in [0.15, 0.2) is 0 Å². The summed E-state index contributed by atoms with van der Waals surface area (Å²) in [6, 6.07) is 1.81. The van der Waals surface area contributed by atoms with E-state index in [0.717, 1.165) is 5.56 Å². The van der Waals surface area contributed by atoms with Gasteiger partial charge >= 0.3 is 0 Å². The van der Waals surface area contributed by atoms with E-state index in [9.17, 15) is 14.7 Å². The smallest absolute Gasteiger partial charge is 0.233 e. The van der Waals surface area contributed by atoms with Gasteiger partial charge in [-0.15, -0.1) is 0 Å². The number of imide groups is 1. The fourth-order valence-electron chi connectivity index (χ4n) is 2.93. The molecule has 0 radical (unpaired) electrons. The molecule has 3 rings (SSSR count). The zero-order valence-electron chi connectivity index (χ0n) is 10.3. The summed E-state index contributed by atoms with van der Waals surface area (Å²) in [5.41, 5.74) is 0.582. The summed E-state index contributed by atoms with van der Waals surface area (Å²) < 4.78 is 0. The summed E-state index contributed by atoms with van der Waals surface area (Å²) >= 11 is 1.49. The average Bonchev–Trinajstić information content (AvgIpc) is 2.74. The highest BCUT2D eigenvalue weighted by Crippen LogP contribution is 2.63. The number of rotatable bonds is 3. The molecule has 0 bridgehead atoms. The van der Waals surface area contributed by atoms with E-state index in [1.54, 1.807) is 0 Å². The highest BCUT2D eigenvalue weighted by Gasteiger charge is 2.72. The first kappa shape index (κ1) is 11.9. The Hall–Kier alpha value is -1.20. The maximum Gasteiger partial charge on any atom is 0.233 e. The number of amides is 2. The molecule has 4 nitrogen and oxygen atoms in total. The number of carbonyl (C=O) groups is 2. The van der Waals surface area contributed by atoms with E-state index < -0.39 is 6.10 Å². The third-order valence-corrected chi connectivity index (χ3v) is 4.88. The highest BCUT2D eigenvalue weighted by atomic mass is 32.1. The summed E-state index contributed by atoms with van der Waals surface area (Å²) in [6.07, 6.45) is -0.773. The number of aliphatic hydroxyl groups excluding tert-OH is 1. The Bertz CT molecular complexity index is 484. The second-order valence-electron chi connectivity index (χ2n) is 5.64. The number of hydrogen-bond donors (Lipinski definition) is 1. The topological polar surface area (TPSA) is 57.6 Å². The first-order valence-corrected chi connectivity index (χ1v) is 6.94. The summed E-state index contributed by atoms with van der Waals surface area (Å²) in [5, 5.41) is 13.7. The number of nitrogens with zero attached hydrogens (tertiary/aromatic N) is 1. The number of aliphatic hydroxyl groups is 1. The van der Waals surface area contributed by atoms with Crippen molar-refractivity contribution in [1.82, 2.24) is 4.90 Å². The molecule has 1 saturated carbocycles. The number of piperidine rings is 1. The van der Waals surface area contributed by atoms with Gasteiger partial charge in [0, 0.05) is 0 Å². The largest absolute Gasteiger partial charge is 0.387 e. The molecule has 5 heteroatoms. The van der Waals surface area contributed by atoms with Gasteiger partial charge < -0.3 is 5.11 Å². The lowest BCUT2D eigenvalue weighted by molar-refractivity contribution is -0.144. The van der Waals surface area contributed by atoms with E-state index in [2.05, 4.69) is 0 Å². The Morgan fingerprint density at radius 3 is 2.50 bits per heavy atom. The van der Waals surface area contributed by atoms with E-state index in [1.165, 1.54) is 16.2 Å². The van der Waals surface area contributed by atoms with Crippen LogP contribution in [-0.4, -0.2) is 28.4 Å². The summed E-state index contributed by atoms with van der Waals surface area (Å²) in [4.78, 5) is 25.4. The SMILES string of the molecule is CC1(C)C2C(=O)N(CC(O)c3ccsc3)C(=O)C21. The van der Waals surface area contributed by atoms with Crippen LogP contribution in [0.25, 0.3) is 0 Å². The Balaban J connectivity index is 1.73. The Morgan fingerprint density at radius 2 is 2.00 bits per heavy atom. The third-order valence-electron chi connectivity index (χ3n) is 4.17. The van der Waals surface area contributed by atoms with Gasteiger partial charge in [-0.1, -0.05) is 13.8 Å². The van der Waals surface area contributed by atoms with Crippen LogP contribution < -0.4 is 0 Å². The molecule has 1 N–H and O–H groups in total. The van der Waals surface area contributed by atoms with E-state index in [1.807, 2.05) is 30.7 Å². The molecule has 3 unspecified atom stereocenters. The van der Waals surface area contributed by atoms with Crippen LogP contribution in [0.1, 0.15) is 25.5 Å². The zero-order chi connectivity index (χ0) is 13.1. The molecule has 2 heterocycles. The number of β-amino-alcohol motifs (C(OH)–C–C–N with tert-alkyl or cyclic N) is 1. The normalized spacial score (nSPS) is 30.5. The lowest BCUT2D eigenvalue weighted by Gasteiger charge is -2.22. The molecule has 2 fully saturated rings. The van der Waals surface area contributed by atoms with Crippen LogP contribution in [0, 0.1) is 17.3 Å². The average molecular weight is 265 g/mol. The lowest BCUT2D eigenvalue weighted by Crippen LogP contribution is -2.39. The molecular weight excluding hydrogens is 250 g/mol. The molecule has 1 saturated heterocycles. The lowest BCUT2D eigenvalue weighted by atomic mass is 10.0. The van der Waals surface area contributed by atoms with Gasteiger partial charge in [-0.3, -0.25) is 14.5 Å². The maximum atomic E-state index is 12.1. The second-order valence-corrected chi connectivity index (χ2v) is 6.42. The fourth-order valence-corrected chi connectivity index (χ4v) is 3.63. The standard InChI is InChI=1S/C13H15NO3S/c1-13(2)9-10(13)12(17)14(11(9)16)5-8(15)7-3-4-18-6-7/h3-4,6,8-10,15H,5H2,1-2H3.